The Labute approximate surface area is 128 Å². The third-order valence-corrected chi connectivity index (χ3v) is 3.65. The van der Waals surface area contributed by atoms with E-state index in [2.05, 4.69) is 4.98 Å². The molecule has 0 saturated carbocycles. The van der Waals surface area contributed by atoms with Crippen molar-refractivity contribution < 1.29 is 8.83 Å². The molecule has 2 heterocycles. The minimum atomic E-state index is -0.589. The summed E-state index contributed by atoms with van der Waals surface area (Å²) in [4.78, 5) is 16.5. The lowest BCUT2D eigenvalue weighted by molar-refractivity contribution is 0.554. The molecule has 4 aromatic rings. The van der Waals surface area contributed by atoms with E-state index in [1.807, 2.05) is 6.07 Å². The first-order valence-electron chi connectivity index (χ1n) is 6.51. The predicted molar refractivity (Wildman–Crippen MR) is 84.9 cm³/mol. The van der Waals surface area contributed by atoms with Crippen LogP contribution in [0.4, 0.5) is 5.69 Å². The van der Waals surface area contributed by atoms with E-state index in [0.717, 1.165) is 0 Å². The molecule has 0 aliphatic rings. The van der Waals surface area contributed by atoms with Gasteiger partial charge in [-0.25, -0.2) is 9.78 Å². The maximum Gasteiger partial charge on any atom is 0.351 e. The molecule has 2 aromatic heterocycles. The lowest BCUT2D eigenvalue weighted by Gasteiger charge is -2.03. The molecule has 2 N–H and O–H groups in total. The van der Waals surface area contributed by atoms with Gasteiger partial charge in [-0.3, -0.25) is 0 Å². The first-order chi connectivity index (χ1) is 10.6. The van der Waals surface area contributed by atoms with Crippen LogP contribution in [0, 0.1) is 0 Å². The lowest BCUT2D eigenvalue weighted by atomic mass is 10.1. The molecule has 0 aliphatic carbocycles. The van der Waals surface area contributed by atoms with Gasteiger partial charge in [0.2, 0.25) is 5.89 Å². The Bertz CT molecular complexity index is 1080. The van der Waals surface area contributed by atoms with E-state index in [1.165, 1.54) is 0 Å². The van der Waals surface area contributed by atoms with Gasteiger partial charge in [-0.05, 0) is 30.3 Å². The van der Waals surface area contributed by atoms with E-state index >= 15 is 0 Å². The number of hydrogen-bond donors (Lipinski definition) is 1. The van der Waals surface area contributed by atoms with Crippen LogP contribution in [0.15, 0.2) is 56.1 Å². The molecule has 0 radical (unpaired) electrons. The van der Waals surface area contributed by atoms with Crippen LogP contribution in [0.5, 0.6) is 0 Å². The fraction of sp³-hybridized carbons (Fsp3) is 0. The maximum absolute atomic E-state index is 12.2. The monoisotopic (exact) mass is 312 g/mol. The molecule has 0 saturated heterocycles. The Morgan fingerprint density at radius 2 is 1.86 bits per heavy atom. The molecule has 0 spiro atoms. The SMILES string of the molecule is Nc1c(-c2nc3cc(Cl)ccc3o2)c(=O)oc2ccccc12. The summed E-state index contributed by atoms with van der Waals surface area (Å²) in [5, 5.41) is 1.17. The van der Waals surface area contributed by atoms with Gasteiger partial charge in [0.15, 0.2) is 5.58 Å². The number of hydrogen-bond acceptors (Lipinski definition) is 5. The van der Waals surface area contributed by atoms with E-state index in [9.17, 15) is 4.79 Å². The first kappa shape index (κ1) is 12.9. The largest absolute Gasteiger partial charge is 0.436 e. The molecule has 0 atom stereocenters. The smallest absolute Gasteiger partial charge is 0.351 e. The molecule has 0 unspecified atom stereocenters. The molecule has 0 aliphatic heterocycles. The van der Waals surface area contributed by atoms with Crippen LogP contribution < -0.4 is 11.4 Å². The third kappa shape index (κ3) is 1.87. The molecule has 5 nitrogen and oxygen atoms in total. The molecule has 2 aromatic carbocycles. The summed E-state index contributed by atoms with van der Waals surface area (Å²) in [5.74, 6) is 0.120. The van der Waals surface area contributed by atoms with E-state index in [1.54, 1.807) is 36.4 Å². The maximum atomic E-state index is 12.2. The number of para-hydroxylation sites is 1. The molecule has 0 bridgehead atoms. The highest BCUT2D eigenvalue weighted by molar-refractivity contribution is 6.31. The number of fused-ring (bicyclic) bond motifs is 2. The van der Waals surface area contributed by atoms with Crippen molar-refractivity contribution in [3.63, 3.8) is 0 Å². The van der Waals surface area contributed by atoms with Crippen molar-refractivity contribution in [2.45, 2.75) is 0 Å². The van der Waals surface area contributed by atoms with Gasteiger partial charge < -0.3 is 14.6 Å². The zero-order valence-electron chi connectivity index (χ0n) is 11.2. The van der Waals surface area contributed by atoms with Gasteiger partial charge in [-0.1, -0.05) is 23.7 Å². The van der Waals surface area contributed by atoms with E-state index < -0.39 is 5.63 Å². The normalized spacial score (nSPS) is 11.3. The van der Waals surface area contributed by atoms with Gasteiger partial charge in [0.05, 0.1) is 5.69 Å². The van der Waals surface area contributed by atoms with E-state index in [0.29, 0.717) is 27.1 Å². The van der Waals surface area contributed by atoms with Gasteiger partial charge in [-0.2, -0.15) is 0 Å². The van der Waals surface area contributed by atoms with Crippen molar-refractivity contribution in [2.75, 3.05) is 5.73 Å². The zero-order chi connectivity index (χ0) is 15.3. The van der Waals surface area contributed by atoms with Crippen molar-refractivity contribution in [1.29, 1.82) is 0 Å². The number of rotatable bonds is 1. The summed E-state index contributed by atoms with van der Waals surface area (Å²) in [7, 11) is 0. The van der Waals surface area contributed by atoms with Gasteiger partial charge in [0.1, 0.15) is 16.7 Å². The Morgan fingerprint density at radius 1 is 1.05 bits per heavy atom. The van der Waals surface area contributed by atoms with Crippen molar-refractivity contribution in [1.82, 2.24) is 4.98 Å². The Morgan fingerprint density at radius 3 is 2.73 bits per heavy atom. The summed E-state index contributed by atoms with van der Waals surface area (Å²) >= 11 is 5.93. The summed E-state index contributed by atoms with van der Waals surface area (Å²) in [6, 6.07) is 12.1. The molecule has 6 heteroatoms. The average molecular weight is 313 g/mol. The lowest BCUT2D eigenvalue weighted by Crippen LogP contribution is -2.07. The van der Waals surface area contributed by atoms with Crippen LogP contribution in [0.3, 0.4) is 0 Å². The van der Waals surface area contributed by atoms with E-state index in [4.69, 9.17) is 26.2 Å². The molecule has 22 heavy (non-hydrogen) atoms. The summed E-state index contributed by atoms with van der Waals surface area (Å²) in [6.07, 6.45) is 0. The van der Waals surface area contributed by atoms with Crippen LogP contribution in [0.25, 0.3) is 33.5 Å². The number of anilines is 1. The molecular weight excluding hydrogens is 304 g/mol. The second kappa shape index (κ2) is 4.61. The van der Waals surface area contributed by atoms with Crippen LogP contribution in [0.1, 0.15) is 0 Å². The van der Waals surface area contributed by atoms with Crippen LogP contribution in [-0.2, 0) is 0 Å². The highest BCUT2D eigenvalue weighted by Gasteiger charge is 2.19. The van der Waals surface area contributed by atoms with Crippen LogP contribution >= 0.6 is 11.6 Å². The van der Waals surface area contributed by atoms with Crippen molar-refractivity contribution >= 4 is 39.4 Å². The molecule has 4 rings (SSSR count). The number of oxazole rings is 1. The number of nitrogen functional groups attached to an aromatic ring is 1. The molecule has 108 valence electrons. The van der Waals surface area contributed by atoms with Crippen molar-refractivity contribution in [2.24, 2.45) is 0 Å². The molecular formula is C16H9ClN2O3. The number of aromatic nitrogens is 1. The topological polar surface area (TPSA) is 82.3 Å². The number of benzene rings is 2. The number of halogens is 1. The summed E-state index contributed by atoms with van der Waals surface area (Å²) in [6.45, 7) is 0. The highest BCUT2D eigenvalue weighted by Crippen LogP contribution is 2.31. The van der Waals surface area contributed by atoms with E-state index in [-0.39, 0.29) is 17.1 Å². The fourth-order valence-corrected chi connectivity index (χ4v) is 2.55. The van der Waals surface area contributed by atoms with Gasteiger partial charge in [0.25, 0.3) is 0 Å². The fourth-order valence-electron chi connectivity index (χ4n) is 2.38. The minimum absolute atomic E-state index is 0.117. The Kier molecular flexibility index (Phi) is 2.71. The second-order valence-corrected chi connectivity index (χ2v) is 5.24. The van der Waals surface area contributed by atoms with Crippen molar-refractivity contribution in [3.8, 4) is 11.5 Å². The summed E-state index contributed by atoms with van der Waals surface area (Å²) < 4.78 is 10.9. The molecule has 0 fully saturated rings. The van der Waals surface area contributed by atoms with Crippen LogP contribution in [0.2, 0.25) is 5.02 Å². The first-order valence-corrected chi connectivity index (χ1v) is 6.89. The van der Waals surface area contributed by atoms with Crippen LogP contribution in [-0.4, -0.2) is 4.98 Å². The number of nitrogens with two attached hydrogens (primary N) is 1. The standard InChI is InChI=1S/C16H9ClN2O3/c17-8-5-6-12-10(7-8)19-15(21-12)13-14(18)9-3-1-2-4-11(9)22-16(13)20/h1-7H,18H2. The van der Waals surface area contributed by atoms with Crippen molar-refractivity contribution in [3.05, 3.63) is 57.9 Å². The van der Waals surface area contributed by atoms with Gasteiger partial charge in [0, 0.05) is 10.4 Å². The Hall–Kier alpha value is -2.79. The molecule has 0 amide bonds. The average Bonchev–Trinajstić information content (AvgIpc) is 2.89. The quantitative estimate of drug-likeness (QED) is 0.540. The van der Waals surface area contributed by atoms with Gasteiger partial charge >= 0.3 is 5.63 Å². The zero-order valence-corrected chi connectivity index (χ0v) is 11.9. The Balaban J connectivity index is 2.05. The second-order valence-electron chi connectivity index (χ2n) is 4.81. The predicted octanol–water partition coefficient (Wildman–Crippen LogP) is 3.84. The highest BCUT2D eigenvalue weighted by atomic mass is 35.5. The van der Waals surface area contributed by atoms with Gasteiger partial charge in [-0.15, -0.1) is 0 Å². The summed E-state index contributed by atoms with van der Waals surface area (Å²) in [5.41, 5.74) is 7.42. The number of nitrogens with zero attached hydrogens (tertiary/aromatic N) is 1. The third-order valence-electron chi connectivity index (χ3n) is 3.42. The minimum Gasteiger partial charge on any atom is -0.436 e.